The maximum atomic E-state index is 9.09. The summed E-state index contributed by atoms with van der Waals surface area (Å²) >= 11 is 10.8. The molecule has 0 radical (unpaired) electrons. The lowest BCUT2D eigenvalue weighted by Crippen LogP contribution is -2.23. The summed E-state index contributed by atoms with van der Waals surface area (Å²) in [6.07, 6.45) is 7.73. The zero-order valence-corrected chi connectivity index (χ0v) is 7.99. The summed E-state index contributed by atoms with van der Waals surface area (Å²) < 4.78 is -1.77. The number of unbranched alkanes of at least 4 members (excludes halogenated alkanes) is 1. The van der Waals surface area contributed by atoms with Gasteiger partial charge in [0.05, 0.1) is 5.92 Å². The van der Waals surface area contributed by atoms with Crippen molar-refractivity contribution >= 4 is 23.2 Å². The Labute approximate surface area is 77.7 Å². The molecule has 0 heterocycles. The second-order valence-electron chi connectivity index (χ2n) is 2.45. The van der Waals surface area contributed by atoms with Crippen molar-refractivity contribution in [3.8, 4) is 12.3 Å². The molecule has 0 aliphatic carbocycles. The Morgan fingerprint density at radius 1 is 1.64 bits per heavy atom. The molecule has 0 fully saturated rings. The van der Waals surface area contributed by atoms with Crippen molar-refractivity contribution in [2.45, 2.75) is 30.7 Å². The summed E-state index contributed by atoms with van der Waals surface area (Å²) in [4.78, 5) is 0. The standard InChI is InChI=1S/C8H12Cl2O/c1-3-5-6-7(4-2)8(9,10)11/h2,7,11H,3,5-6H2,1H3. The van der Waals surface area contributed by atoms with Crippen LogP contribution in [-0.2, 0) is 0 Å². The van der Waals surface area contributed by atoms with Crippen LogP contribution in [0.25, 0.3) is 0 Å². The quantitative estimate of drug-likeness (QED) is 0.539. The first-order chi connectivity index (χ1) is 5.02. The molecule has 0 bridgehead atoms. The van der Waals surface area contributed by atoms with Crippen molar-refractivity contribution in [2.75, 3.05) is 0 Å². The fourth-order valence-corrected chi connectivity index (χ4v) is 1.11. The average Bonchev–Trinajstić information content (AvgIpc) is 1.87. The molecule has 3 heteroatoms. The summed E-state index contributed by atoms with van der Waals surface area (Å²) in [5, 5.41) is 9.09. The van der Waals surface area contributed by atoms with Crippen LogP contribution in [-0.4, -0.2) is 9.63 Å². The highest BCUT2D eigenvalue weighted by Crippen LogP contribution is 2.30. The number of hydrogen-bond donors (Lipinski definition) is 1. The van der Waals surface area contributed by atoms with Crippen LogP contribution in [0.15, 0.2) is 0 Å². The van der Waals surface area contributed by atoms with E-state index in [1.807, 2.05) is 6.92 Å². The van der Waals surface area contributed by atoms with Crippen LogP contribution in [0, 0.1) is 18.3 Å². The summed E-state index contributed by atoms with van der Waals surface area (Å²) in [5.74, 6) is 1.90. The lowest BCUT2D eigenvalue weighted by molar-refractivity contribution is 0.166. The summed E-state index contributed by atoms with van der Waals surface area (Å²) in [7, 11) is 0. The maximum Gasteiger partial charge on any atom is 0.228 e. The Hall–Kier alpha value is 0.100. The summed E-state index contributed by atoms with van der Waals surface area (Å²) in [5.41, 5.74) is 0. The molecule has 1 unspecified atom stereocenters. The molecule has 64 valence electrons. The van der Waals surface area contributed by atoms with E-state index in [2.05, 4.69) is 5.92 Å². The number of hydrogen-bond acceptors (Lipinski definition) is 1. The summed E-state index contributed by atoms with van der Waals surface area (Å²) in [6, 6.07) is 0. The molecule has 0 aromatic rings. The highest BCUT2D eigenvalue weighted by Gasteiger charge is 2.29. The SMILES string of the molecule is C#CC(CCCC)C(O)(Cl)Cl. The van der Waals surface area contributed by atoms with Crippen molar-refractivity contribution in [3.05, 3.63) is 0 Å². The van der Waals surface area contributed by atoms with Gasteiger partial charge in [0.2, 0.25) is 4.52 Å². The van der Waals surface area contributed by atoms with Crippen LogP contribution in [0.2, 0.25) is 0 Å². The first-order valence-corrected chi connectivity index (χ1v) is 4.34. The predicted molar refractivity (Wildman–Crippen MR) is 48.5 cm³/mol. The van der Waals surface area contributed by atoms with E-state index >= 15 is 0 Å². The predicted octanol–water partition coefficient (Wildman–Crippen LogP) is 2.55. The minimum Gasteiger partial charge on any atom is -0.362 e. The van der Waals surface area contributed by atoms with Crippen molar-refractivity contribution in [2.24, 2.45) is 5.92 Å². The van der Waals surface area contributed by atoms with E-state index in [1.54, 1.807) is 0 Å². The van der Waals surface area contributed by atoms with Gasteiger partial charge < -0.3 is 5.11 Å². The molecule has 1 N–H and O–H groups in total. The van der Waals surface area contributed by atoms with E-state index in [0.29, 0.717) is 6.42 Å². The molecule has 0 saturated heterocycles. The smallest absolute Gasteiger partial charge is 0.228 e. The molecule has 0 aromatic heterocycles. The van der Waals surface area contributed by atoms with Crippen molar-refractivity contribution in [3.63, 3.8) is 0 Å². The van der Waals surface area contributed by atoms with Gasteiger partial charge in [-0.2, -0.15) is 0 Å². The largest absolute Gasteiger partial charge is 0.362 e. The Morgan fingerprint density at radius 3 is 2.45 bits per heavy atom. The Balaban J connectivity index is 3.89. The molecule has 0 saturated carbocycles. The lowest BCUT2D eigenvalue weighted by atomic mass is 10.0. The highest BCUT2D eigenvalue weighted by atomic mass is 35.5. The molecule has 0 aliphatic rings. The highest BCUT2D eigenvalue weighted by molar-refractivity contribution is 6.47. The number of terminal acetylenes is 1. The molecule has 11 heavy (non-hydrogen) atoms. The second-order valence-corrected chi connectivity index (χ2v) is 3.80. The van der Waals surface area contributed by atoms with Gasteiger partial charge in [0.15, 0.2) is 0 Å². The minimum atomic E-state index is -1.77. The first-order valence-electron chi connectivity index (χ1n) is 3.58. The third-order valence-corrected chi connectivity index (χ3v) is 1.99. The Bertz CT molecular complexity index is 143. The van der Waals surface area contributed by atoms with E-state index in [4.69, 9.17) is 34.7 Å². The number of aliphatic hydroxyl groups is 1. The molecule has 0 rings (SSSR count). The summed E-state index contributed by atoms with van der Waals surface area (Å²) in [6.45, 7) is 2.04. The van der Waals surface area contributed by atoms with E-state index < -0.39 is 10.4 Å². The maximum absolute atomic E-state index is 9.09. The first kappa shape index (κ1) is 11.1. The van der Waals surface area contributed by atoms with Crippen LogP contribution in [0.3, 0.4) is 0 Å². The topological polar surface area (TPSA) is 20.2 Å². The van der Waals surface area contributed by atoms with Crippen LogP contribution in [0.4, 0.5) is 0 Å². The van der Waals surface area contributed by atoms with Gasteiger partial charge >= 0.3 is 0 Å². The zero-order valence-electron chi connectivity index (χ0n) is 6.48. The fraction of sp³-hybridized carbons (Fsp3) is 0.750. The van der Waals surface area contributed by atoms with Crippen LogP contribution >= 0.6 is 23.2 Å². The molecular formula is C8H12Cl2O. The van der Waals surface area contributed by atoms with Crippen molar-refractivity contribution in [1.29, 1.82) is 0 Å². The lowest BCUT2D eigenvalue weighted by Gasteiger charge is -2.19. The molecule has 1 atom stereocenters. The van der Waals surface area contributed by atoms with Crippen molar-refractivity contribution < 1.29 is 5.11 Å². The van der Waals surface area contributed by atoms with Crippen LogP contribution < -0.4 is 0 Å². The van der Waals surface area contributed by atoms with Gasteiger partial charge in [-0.15, -0.1) is 6.42 Å². The van der Waals surface area contributed by atoms with Gasteiger partial charge in [0.25, 0.3) is 0 Å². The molecule has 1 nitrogen and oxygen atoms in total. The van der Waals surface area contributed by atoms with Crippen LogP contribution in [0.1, 0.15) is 26.2 Å². The van der Waals surface area contributed by atoms with E-state index in [1.165, 1.54) is 0 Å². The fourth-order valence-electron chi connectivity index (χ4n) is 0.766. The van der Waals surface area contributed by atoms with Crippen molar-refractivity contribution in [1.82, 2.24) is 0 Å². The number of rotatable bonds is 4. The minimum absolute atomic E-state index is 0.467. The molecular weight excluding hydrogens is 183 g/mol. The third kappa shape index (κ3) is 4.53. The van der Waals surface area contributed by atoms with Gasteiger partial charge in [0, 0.05) is 0 Å². The molecule has 0 spiro atoms. The van der Waals surface area contributed by atoms with Crippen LogP contribution in [0.5, 0.6) is 0 Å². The third-order valence-electron chi connectivity index (χ3n) is 1.47. The Kier molecular flexibility index (Phi) is 4.92. The normalized spacial score (nSPS) is 14.1. The molecule has 0 aromatic carbocycles. The number of alkyl halides is 2. The van der Waals surface area contributed by atoms with Gasteiger partial charge in [-0.3, -0.25) is 0 Å². The van der Waals surface area contributed by atoms with Gasteiger partial charge in [0.1, 0.15) is 0 Å². The monoisotopic (exact) mass is 194 g/mol. The Morgan fingerprint density at radius 2 is 2.18 bits per heavy atom. The van der Waals surface area contributed by atoms with E-state index in [-0.39, 0.29) is 0 Å². The molecule has 0 amide bonds. The molecule has 0 aliphatic heterocycles. The zero-order chi connectivity index (χ0) is 8.91. The van der Waals surface area contributed by atoms with E-state index in [9.17, 15) is 0 Å². The van der Waals surface area contributed by atoms with Gasteiger partial charge in [-0.1, -0.05) is 48.9 Å². The van der Waals surface area contributed by atoms with Gasteiger partial charge in [-0.05, 0) is 6.42 Å². The van der Waals surface area contributed by atoms with E-state index in [0.717, 1.165) is 12.8 Å². The number of halogens is 2. The van der Waals surface area contributed by atoms with Gasteiger partial charge in [-0.25, -0.2) is 0 Å². The average molecular weight is 195 g/mol. The second kappa shape index (κ2) is 4.87.